The van der Waals surface area contributed by atoms with Crippen LogP contribution in [0.5, 0.6) is 0 Å². The summed E-state index contributed by atoms with van der Waals surface area (Å²) < 4.78 is 5.33. The second-order valence-electron chi connectivity index (χ2n) is 6.49. The lowest BCUT2D eigenvalue weighted by atomic mass is 9.95. The Balaban J connectivity index is 1.41. The molecule has 0 unspecified atom stereocenters. The fourth-order valence-electron chi connectivity index (χ4n) is 3.22. The van der Waals surface area contributed by atoms with E-state index in [1.165, 1.54) is 19.3 Å². The first-order valence-electron chi connectivity index (χ1n) is 9.00. The maximum atomic E-state index is 12.2. The van der Waals surface area contributed by atoms with Gasteiger partial charge in [0.2, 0.25) is 0 Å². The van der Waals surface area contributed by atoms with Crippen molar-refractivity contribution < 1.29 is 9.53 Å². The largest absolute Gasteiger partial charge is 0.379 e. The Labute approximate surface area is 143 Å². The van der Waals surface area contributed by atoms with Crippen molar-refractivity contribution in [1.82, 2.24) is 20.4 Å². The highest BCUT2D eigenvalue weighted by molar-refractivity contribution is 5.92. The molecule has 1 aromatic heterocycles. The van der Waals surface area contributed by atoms with E-state index in [-0.39, 0.29) is 5.91 Å². The van der Waals surface area contributed by atoms with Gasteiger partial charge in [0.1, 0.15) is 5.82 Å². The molecule has 3 rings (SSSR count). The molecular weight excluding hydrogens is 306 g/mol. The minimum atomic E-state index is -0.116. The summed E-state index contributed by atoms with van der Waals surface area (Å²) in [5.41, 5.74) is 0.388. The van der Waals surface area contributed by atoms with Crippen molar-refractivity contribution in [3.63, 3.8) is 0 Å². The van der Waals surface area contributed by atoms with Gasteiger partial charge in [0, 0.05) is 32.2 Å². The van der Waals surface area contributed by atoms with Crippen molar-refractivity contribution >= 4 is 11.7 Å². The highest BCUT2D eigenvalue weighted by Gasteiger charge is 2.17. The molecular formula is C17H27N5O2. The average Bonchev–Trinajstić information content (AvgIpc) is 2.64. The predicted octanol–water partition coefficient (Wildman–Crippen LogP) is 1.28. The lowest BCUT2D eigenvalue weighted by Crippen LogP contribution is -2.39. The van der Waals surface area contributed by atoms with Crippen LogP contribution in [0.4, 0.5) is 5.82 Å². The standard InChI is InChI=1S/C17H27N5O2/c23-17(19-14-4-2-1-3-5-14)15-6-7-16(21-20-15)18-8-9-22-10-12-24-13-11-22/h6-7,14H,1-5,8-13H2,(H,18,21)(H,19,23). The Bertz CT molecular complexity index is 510. The Hall–Kier alpha value is -1.73. The molecule has 0 aromatic carbocycles. The minimum Gasteiger partial charge on any atom is -0.379 e. The van der Waals surface area contributed by atoms with Gasteiger partial charge in [0.15, 0.2) is 5.69 Å². The van der Waals surface area contributed by atoms with Crippen LogP contribution in [0.15, 0.2) is 12.1 Å². The number of ether oxygens (including phenoxy) is 1. The molecule has 0 radical (unpaired) electrons. The SMILES string of the molecule is O=C(NC1CCCCC1)c1ccc(NCCN2CCOCC2)nn1. The minimum absolute atomic E-state index is 0.116. The number of nitrogens with one attached hydrogen (secondary N) is 2. The number of amides is 1. The predicted molar refractivity (Wildman–Crippen MR) is 92.1 cm³/mol. The third kappa shape index (κ3) is 5.14. The summed E-state index contributed by atoms with van der Waals surface area (Å²) in [6, 6.07) is 3.85. The van der Waals surface area contributed by atoms with E-state index < -0.39 is 0 Å². The van der Waals surface area contributed by atoms with Gasteiger partial charge in [-0.3, -0.25) is 9.69 Å². The van der Waals surface area contributed by atoms with E-state index in [9.17, 15) is 4.79 Å². The van der Waals surface area contributed by atoms with Crippen LogP contribution in [0, 0.1) is 0 Å². The van der Waals surface area contributed by atoms with Crippen molar-refractivity contribution in [3.8, 4) is 0 Å². The average molecular weight is 333 g/mol. The fraction of sp³-hybridized carbons (Fsp3) is 0.706. The summed E-state index contributed by atoms with van der Waals surface area (Å²) in [6.07, 6.45) is 5.81. The summed E-state index contributed by atoms with van der Waals surface area (Å²) >= 11 is 0. The molecule has 1 aromatic rings. The van der Waals surface area contributed by atoms with Crippen LogP contribution in [-0.4, -0.2) is 66.4 Å². The zero-order valence-corrected chi connectivity index (χ0v) is 14.2. The molecule has 7 nitrogen and oxygen atoms in total. The second-order valence-corrected chi connectivity index (χ2v) is 6.49. The van der Waals surface area contributed by atoms with E-state index >= 15 is 0 Å². The molecule has 1 amide bonds. The highest BCUT2D eigenvalue weighted by Crippen LogP contribution is 2.17. The first kappa shape index (κ1) is 17.1. The van der Waals surface area contributed by atoms with E-state index in [0.717, 1.165) is 52.2 Å². The number of carbonyl (C=O) groups is 1. The van der Waals surface area contributed by atoms with Crippen molar-refractivity contribution in [2.75, 3.05) is 44.7 Å². The topological polar surface area (TPSA) is 79.4 Å². The number of anilines is 1. The summed E-state index contributed by atoms with van der Waals surface area (Å²) in [6.45, 7) is 5.34. The number of morpholine rings is 1. The maximum Gasteiger partial charge on any atom is 0.272 e. The Kier molecular flexibility index (Phi) is 6.37. The van der Waals surface area contributed by atoms with E-state index in [4.69, 9.17) is 4.74 Å². The molecule has 132 valence electrons. The third-order valence-corrected chi connectivity index (χ3v) is 4.68. The molecule has 2 fully saturated rings. The molecule has 7 heteroatoms. The fourth-order valence-corrected chi connectivity index (χ4v) is 3.22. The Morgan fingerprint density at radius 2 is 1.96 bits per heavy atom. The molecule has 24 heavy (non-hydrogen) atoms. The van der Waals surface area contributed by atoms with Crippen LogP contribution >= 0.6 is 0 Å². The number of rotatable bonds is 6. The summed E-state index contributed by atoms with van der Waals surface area (Å²) in [5, 5.41) is 14.5. The van der Waals surface area contributed by atoms with Gasteiger partial charge < -0.3 is 15.4 Å². The third-order valence-electron chi connectivity index (χ3n) is 4.68. The molecule has 1 aliphatic heterocycles. The van der Waals surface area contributed by atoms with Crippen LogP contribution in [0.2, 0.25) is 0 Å². The lowest BCUT2D eigenvalue weighted by molar-refractivity contribution is 0.0398. The summed E-state index contributed by atoms with van der Waals surface area (Å²) in [5.74, 6) is 0.590. The normalized spacial score (nSPS) is 19.8. The van der Waals surface area contributed by atoms with Gasteiger partial charge in [-0.05, 0) is 25.0 Å². The first-order valence-corrected chi connectivity index (χ1v) is 9.00. The van der Waals surface area contributed by atoms with Crippen molar-refractivity contribution in [2.45, 2.75) is 38.1 Å². The molecule has 1 saturated heterocycles. The number of hydrogen-bond acceptors (Lipinski definition) is 6. The van der Waals surface area contributed by atoms with Crippen molar-refractivity contribution in [3.05, 3.63) is 17.8 Å². The van der Waals surface area contributed by atoms with Crippen molar-refractivity contribution in [2.24, 2.45) is 0 Å². The van der Waals surface area contributed by atoms with Crippen LogP contribution in [0.1, 0.15) is 42.6 Å². The van der Waals surface area contributed by atoms with Gasteiger partial charge in [-0.1, -0.05) is 19.3 Å². The van der Waals surface area contributed by atoms with E-state index in [0.29, 0.717) is 17.6 Å². The Morgan fingerprint density at radius 1 is 1.17 bits per heavy atom. The smallest absolute Gasteiger partial charge is 0.272 e. The monoisotopic (exact) mass is 333 g/mol. The molecule has 2 heterocycles. The molecule has 2 N–H and O–H groups in total. The van der Waals surface area contributed by atoms with Crippen LogP contribution in [-0.2, 0) is 4.74 Å². The summed E-state index contributed by atoms with van der Waals surface area (Å²) in [7, 11) is 0. The first-order chi connectivity index (χ1) is 11.8. The zero-order valence-electron chi connectivity index (χ0n) is 14.2. The highest BCUT2D eigenvalue weighted by atomic mass is 16.5. The lowest BCUT2D eigenvalue weighted by Gasteiger charge is -2.26. The Morgan fingerprint density at radius 3 is 2.67 bits per heavy atom. The van der Waals surface area contributed by atoms with Gasteiger partial charge in [0.25, 0.3) is 5.91 Å². The quantitative estimate of drug-likeness (QED) is 0.816. The molecule has 1 saturated carbocycles. The van der Waals surface area contributed by atoms with Gasteiger partial charge in [-0.15, -0.1) is 10.2 Å². The zero-order chi connectivity index (χ0) is 16.6. The second kappa shape index (κ2) is 8.94. The van der Waals surface area contributed by atoms with Crippen LogP contribution < -0.4 is 10.6 Å². The molecule has 0 bridgehead atoms. The molecule has 0 spiro atoms. The van der Waals surface area contributed by atoms with E-state index in [2.05, 4.69) is 25.7 Å². The number of carbonyl (C=O) groups excluding carboxylic acids is 1. The van der Waals surface area contributed by atoms with Crippen LogP contribution in [0.3, 0.4) is 0 Å². The number of aromatic nitrogens is 2. The molecule has 2 aliphatic rings. The molecule has 1 aliphatic carbocycles. The van der Waals surface area contributed by atoms with Gasteiger partial charge in [-0.25, -0.2) is 0 Å². The number of nitrogens with zero attached hydrogens (tertiary/aromatic N) is 3. The number of hydrogen-bond donors (Lipinski definition) is 2. The van der Waals surface area contributed by atoms with Gasteiger partial charge >= 0.3 is 0 Å². The van der Waals surface area contributed by atoms with E-state index in [1.807, 2.05) is 6.07 Å². The van der Waals surface area contributed by atoms with Gasteiger partial charge in [0.05, 0.1) is 13.2 Å². The van der Waals surface area contributed by atoms with Crippen LogP contribution in [0.25, 0.3) is 0 Å². The van der Waals surface area contributed by atoms with E-state index in [1.54, 1.807) is 6.07 Å². The maximum absolute atomic E-state index is 12.2. The van der Waals surface area contributed by atoms with Crippen molar-refractivity contribution in [1.29, 1.82) is 0 Å². The van der Waals surface area contributed by atoms with Gasteiger partial charge in [-0.2, -0.15) is 0 Å². The summed E-state index contributed by atoms with van der Waals surface area (Å²) in [4.78, 5) is 14.5. The molecule has 0 atom stereocenters.